The standard InChI is InChI=1S/C12H11F2NO2S/c13-11(14)12(16)15(7-9-3-1-5-17-9)8-10-4-2-6-18-10/h1-6,11H,7-8H2. The van der Waals surface area contributed by atoms with Crippen LogP contribution >= 0.6 is 11.3 Å². The number of hydrogen-bond donors (Lipinski definition) is 0. The summed E-state index contributed by atoms with van der Waals surface area (Å²) >= 11 is 1.42. The number of hydrogen-bond acceptors (Lipinski definition) is 3. The number of alkyl halides is 2. The molecule has 0 aliphatic carbocycles. The molecule has 96 valence electrons. The molecule has 1 amide bonds. The summed E-state index contributed by atoms with van der Waals surface area (Å²) < 4.78 is 30.1. The summed E-state index contributed by atoms with van der Waals surface area (Å²) in [7, 11) is 0. The summed E-state index contributed by atoms with van der Waals surface area (Å²) in [5.74, 6) is -0.694. The number of carbonyl (C=O) groups excluding carboxylic acids is 1. The van der Waals surface area contributed by atoms with Crippen molar-refractivity contribution in [2.45, 2.75) is 19.5 Å². The molecular formula is C12H11F2NO2S. The highest BCUT2D eigenvalue weighted by molar-refractivity contribution is 7.09. The quantitative estimate of drug-likeness (QED) is 0.837. The van der Waals surface area contributed by atoms with E-state index in [4.69, 9.17) is 4.42 Å². The van der Waals surface area contributed by atoms with Crippen LogP contribution in [0.5, 0.6) is 0 Å². The van der Waals surface area contributed by atoms with Gasteiger partial charge in [-0.2, -0.15) is 8.78 Å². The van der Waals surface area contributed by atoms with Crippen LogP contribution in [0.4, 0.5) is 8.78 Å². The van der Waals surface area contributed by atoms with E-state index in [2.05, 4.69) is 0 Å². The van der Waals surface area contributed by atoms with Gasteiger partial charge >= 0.3 is 6.43 Å². The number of rotatable bonds is 5. The fourth-order valence-corrected chi connectivity index (χ4v) is 2.25. The van der Waals surface area contributed by atoms with Gasteiger partial charge in [0.1, 0.15) is 5.76 Å². The van der Waals surface area contributed by atoms with E-state index in [0.717, 1.165) is 9.78 Å². The van der Waals surface area contributed by atoms with Crippen molar-refractivity contribution in [3.8, 4) is 0 Å². The average Bonchev–Trinajstić information content (AvgIpc) is 2.99. The molecule has 0 aliphatic heterocycles. The Hall–Kier alpha value is -1.69. The van der Waals surface area contributed by atoms with Gasteiger partial charge in [-0.15, -0.1) is 11.3 Å². The van der Waals surface area contributed by atoms with Gasteiger partial charge in [0.25, 0.3) is 5.91 Å². The maximum Gasteiger partial charge on any atom is 0.315 e. The van der Waals surface area contributed by atoms with Gasteiger partial charge in [0.2, 0.25) is 0 Å². The predicted molar refractivity (Wildman–Crippen MR) is 63.3 cm³/mol. The van der Waals surface area contributed by atoms with Gasteiger partial charge in [0, 0.05) is 4.88 Å². The Morgan fingerprint density at radius 1 is 1.33 bits per heavy atom. The second-order valence-corrected chi connectivity index (χ2v) is 4.69. The zero-order valence-electron chi connectivity index (χ0n) is 9.38. The number of thiophene rings is 1. The maximum absolute atomic E-state index is 12.5. The lowest BCUT2D eigenvalue weighted by Crippen LogP contribution is -2.34. The van der Waals surface area contributed by atoms with Gasteiger partial charge in [-0.1, -0.05) is 6.07 Å². The Bertz CT molecular complexity index is 446. The second kappa shape index (κ2) is 5.77. The molecule has 0 saturated carbocycles. The van der Waals surface area contributed by atoms with Gasteiger partial charge in [0.15, 0.2) is 0 Å². The van der Waals surface area contributed by atoms with Crippen LogP contribution in [0.2, 0.25) is 0 Å². The lowest BCUT2D eigenvalue weighted by Gasteiger charge is -2.20. The highest BCUT2D eigenvalue weighted by Gasteiger charge is 2.24. The predicted octanol–water partition coefficient (Wildman–Crippen LogP) is 3.14. The van der Waals surface area contributed by atoms with Crippen molar-refractivity contribution < 1.29 is 18.0 Å². The van der Waals surface area contributed by atoms with Crippen LogP contribution in [0.15, 0.2) is 40.3 Å². The molecule has 2 rings (SSSR count). The number of carbonyl (C=O) groups is 1. The minimum absolute atomic E-state index is 0.0497. The number of nitrogens with zero attached hydrogens (tertiary/aromatic N) is 1. The van der Waals surface area contributed by atoms with Crippen LogP contribution in [0.1, 0.15) is 10.6 Å². The largest absolute Gasteiger partial charge is 0.467 e. The zero-order chi connectivity index (χ0) is 13.0. The first kappa shape index (κ1) is 12.8. The highest BCUT2D eigenvalue weighted by atomic mass is 32.1. The summed E-state index contributed by atoms with van der Waals surface area (Å²) in [6.07, 6.45) is -1.55. The molecule has 0 N–H and O–H groups in total. The monoisotopic (exact) mass is 271 g/mol. The van der Waals surface area contributed by atoms with E-state index in [1.54, 1.807) is 18.2 Å². The van der Waals surface area contributed by atoms with Crippen LogP contribution < -0.4 is 0 Å². The second-order valence-electron chi connectivity index (χ2n) is 3.65. The van der Waals surface area contributed by atoms with E-state index in [1.165, 1.54) is 17.6 Å². The van der Waals surface area contributed by atoms with Crippen molar-refractivity contribution in [3.63, 3.8) is 0 Å². The Kier molecular flexibility index (Phi) is 4.09. The van der Waals surface area contributed by atoms with Crippen LogP contribution in [-0.2, 0) is 17.9 Å². The molecule has 2 aromatic rings. The smallest absolute Gasteiger partial charge is 0.315 e. The fourth-order valence-electron chi connectivity index (χ4n) is 1.53. The third-order valence-electron chi connectivity index (χ3n) is 2.35. The first-order valence-electron chi connectivity index (χ1n) is 5.28. The zero-order valence-corrected chi connectivity index (χ0v) is 10.2. The molecule has 0 unspecified atom stereocenters. The van der Waals surface area contributed by atoms with E-state index in [-0.39, 0.29) is 13.1 Å². The third kappa shape index (κ3) is 3.16. The minimum atomic E-state index is -3.00. The number of halogens is 2. The maximum atomic E-state index is 12.5. The van der Waals surface area contributed by atoms with Gasteiger partial charge < -0.3 is 9.32 Å². The van der Waals surface area contributed by atoms with E-state index in [9.17, 15) is 13.6 Å². The SMILES string of the molecule is O=C(C(F)F)N(Cc1ccco1)Cc1cccs1. The summed E-state index contributed by atoms with van der Waals surface area (Å²) in [6.45, 7) is 0.218. The third-order valence-corrected chi connectivity index (χ3v) is 3.21. The molecular weight excluding hydrogens is 260 g/mol. The van der Waals surface area contributed by atoms with E-state index in [0.29, 0.717) is 5.76 Å². The highest BCUT2D eigenvalue weighted by Crippen LogP contribution is 2.16. The first-order valence-corrected chi connectivity index (χ1v) is 6.16. The van der Waals surface area contributed by atoms with Crippen molar-refractivity contribution in [3.05, 3.63) is 46.5 Å². The van der Waals surface area contributed by atoms with E-state index >= 15 is 0 Å². The minimum Gasteiger partial charge on any atom is -0.467 e. The summed E-state index contributed by atoms with van der Waals surface area (Å²) in [5.41, 5.74) is 0. The van der Waals surface area contributed by atoms with Crippen molar-refractivity contribution >= 4 is 17.2 Å². The van der Waals surface area contributed by atoms with Crippen molar-refractivity contribution in [1.82, 2.24) is 4.90 Å². The van der Waals surface area contributed by atoms with Crippen LogP contribution in [0.3, 0.4) is 0 Å². The van der Waals surface area contributed by atoms with Crippen LogP contribution in [-0.4, -0.2) is 17.2 Å². The molecule has 18 heavy (non-hydrogen) atoms. The molecule has 3 nitrogen and oxygen atoms in total. The molecule has 0 radical (unpaired) electrons. The Morgan fingerprint density at radius 3 is 2.72 bits per heavy atom. The van der Waals surface area contributed by atoms with Gasteiger partial charge in [-0.3, -0.25) is 4.79 Å². The molecule has 0 saturated heterocycles. The molecule has 2 heterocycles. The Balaban J connectivity index is 2.09. The molecule has 0 aliphatic rings. The molecule has 0 fully saturated rings. The topological polar surface area (TPSA) is 33.5 Å². The van der Waals surface area contributed by atoms with Crippen LogP contribution in [0.25, 0.3) is 0 Å². The number of amides is 1. The Morgan fingerprint density at radius 2 is 2.17 bits per heavy atom. The average molecular weight is 271 g/mol. The van der Waals surface area contributed by atoms with E-state index in [1.807, 2.05) is 11.4 Å². The van der Waals surface area contributed by atoms with Crippen molar-refractivity contribution in [2.24, 2.45) is 0 Å². The van der Waals surface area contributed by atoms with E-state index < -0.39 is 12.3 Å². The molecule has 0 atom stereocenters. The van der Waals surface area contributed by atoms with Crippen molar-refractivity contribution in [1.29, 1.82) is 0 Å². The van der Waals surface area contributed by atoms with Crippen molar-refractivity contribution in [2.75, 3.05) is 0 Å². The molecule has 0 spiro atoms. The first-order chi connectivity index (χ1) is 8.66. The molecule has 2 aromatic heterocycles. The summed E-state index contributed by atoms with van der Waals surface area (Å²) in [6, 6.07) is 6.93. The summed E-state index contributed by atoms with van der Waals surface area (Å²) in [5, 5.41) is 1.84. The molecule has 0 aromatic carbocycles. The lowest BCUT2D eigenvalue weighted by molar-refractivity contribution is -0.144. The lowest BCUT2D eigenvalue weighted by atomic mass is 10.3. The summed E-state index contributed by atoms with van der Waals surface area (Å²) in [4.78, 5) is 13.4. The normalized spacial score (nSPS) is 10.8. The number of furan rings is 1. The molecule has 6 heteroatoms. The van der Waals surface area contributed by atoms with Gasteiger partial charge in [0.05, 0.1) is 19.4 Å². The van der Waals surface area contributed by atoms with Gasteiger partial charge in [-0.05, 0) is 23.6 Å². The van der Waals surface area contributed by atoms with Gasteiger partial charge in [-0.25, -0.2) is 0 Å². The van der Waals surface area contributed by atoms with Crippen LogP contribution in [0, 0.1) is 0 Å². The molecule has 0 bridgehead atoms. The fraction of sp³-hybridized carbons (Fsp3) is 0.250. The Labute approximate surface area is 107 Å².